The monoisotopic (exact) mass is 300 g/mol. The van der Waals surface area contributed by atoms with Gasteiger partial charge in [0.15, 0.2) is 0 Å². The van der Waals surface area contributed by atoms with Crippen molar-refractivity contribution in [3.8, 4) is 0 Å². The number of hydrogen-bond acceptors (Lipinski definition) is 3. The van der Waals surface area contributed by atoms with E-state index in [-0.39, 0.29) is 5.91 Å². The first-order chi connectivity index (χ1) is 8.15. The Morgan fingerprint density at radius 1 is 1.24 bits per heavy atom. The van der Waals surface area contributed by atoms with E-state index in [1.807, 2.05) is 6.07 Å². The molecule has 0 saturated carbocycles. The van der Waals surface area contributed by atoms with Crippen LogP contribution in [0.5, 0.6) is 0 Å². The van der Waals surface area contributed by atoms with Gasteiger partial charge >= 0.3 is 6.09 Å². The number of amides is 2. The fraction of sp³-hybridized carbons (Fsp3) is 0.273. The average Bonchev–Trinajstić information content (AvgIpc) is 2.34. The van der Waals surface area contributed by atoms with Gasteiger partial charge in [-0.3, -0.25) is 4.79 Å². The molecule has 5 nitrogen and oxygen atoms in total. The van der Waals surface area contributed by atoms with Gasteiger partial charge in [-0.2, -0.15) is 0 Å². The molecule has 1 aromatic carbocycles. The number of rotatable bonds is 4. The Labute approximate surface area is 108 Å². The maximum Gasteiger partial charge on any atom is 0.406 e. The van der Waals surface area contributed by atoms with E-state index in [0.29, 0.717) is 18.7 Å². The molecule has 0 fully saturated rings. The van der Waals surface area contributed by atoms with E-state index in [2.05, 4.69) is 31.3 Å². The van der Waals surface area contributed by atoms with Gasteiger partial charge < -0.3 is 15.4 Å². The minimum atomic E-state index is -0.514. The number of ether oxygens (including phenoxy) is 1. The molecule has 17 heavy (non-hydrogen) atoms. The third kappa shape index (κ3) is 4.44. The van der Waals surface area contributed by atoms with Crippen molar-refractivity contribution < 1.29 is 14.3 Å². The zero-order chi connectivity index (χ0) is 12.7. The number of benzene rings is 1. The van der Waals surface area contributed by atoms with E-state index in [1.165, 1.54) is 7.11 Å². The maximum absolute atomic E-state index is 11.7. The van der Waals surface area contributed by atoms with Crippen LogP contribution in [-0.4, -0.2) is 32.2 Å². The molecule has 0 saturated heterocycles. The van der Waals surface area contributed by atoms with Gasteiger partial charge in [-0.05, 0) is 28.1 Å². The summed E-state index contributed by atoms with van der Waals surface area (Å²) in [7, 11) is 1.29. The van der Waals surface area contributed by atoms with Crippen LogP contribution in [0.3, 0.4) is 0 Å². The van der Waals surface area contributed by atoms with Crippen molar-refractivity contribution in [2.24, 2.45) is 0 Å². The molecule has 0 aromatic heterocycles. The van der Waals surface area contributed by atoms with E-state index in [0.717, 1.165) is 4.47 Å². The summed E-state index contributed by atoms with van der Waals surface area (Å²) in [5.41, 5.74) is 0.561. The molecule has 0 aliphatic rings. The van der Waals surface area contributed by atoms with Crippen molar-refractivity contribution in [1.29, 1.82) is 0 Å². The number of methoxy groups -OCH3 is 1. The predicted molar refractivity (Wildman–Crippen MR) is 66.9 cm³/mol. The zero-order valence-corrected chi connectivity index (χ0v) is 10.9. The number of carbonyl (C=O) groups is 2. The summed E-state index contributed by atoms with van der Waals surface area (Å²) in [6.07, 6.45) is -0.514. The molecule has 92 valence electrons. The van der Waals surface area contributed by atoms with E-state index in [9.17, 15) is 9.59 Å². The normalized spacial score (nSPS) is 9.53. The van der Waals surface area contributed by atoms with Gasteiger partial charge in [0.05, 0.1) is 12.7 Å². The van der Waals surface area contributed by atoms with E-state index in [1.54, 1.807) is 18.2 Å². The average molecular weight is 301 g/mol. The zero-order valence-electron chi connectivity index (χ0n) is 9.33. The molecule has 0 radical (unpaired) electrons. The van der Waals surface area contributed by atoms with Crippen molar-refractivity contribution >= 4 is 27.9 Å². The van der Waals surface area contributed by atoms with Crippen LogP contribution in [0.2, 0.25) is 0 Å². The minimum Gasteiger partial charge on any atom is -0.453 e. The lowest BCUT2D eigenvalue weighted by Gasteiger charge is -2.07. The fourth-order valence-corrected chi connectivity index (χ4v) is 1.62. The number of carbonyl (C=O) groups excluding carboxylic acids is 2. The van der Waals surface area contributed by atoms with Crippen LogP contribution in [0.1, 0.15) is 10.4 Å². The second-order valence-electron chi connectivity index (χ2n) is 3.15. The second-order valence-corrected chi connectivity index (χ2v) is 4.01. The molecule has 1 aromatic rings. The van der Waals surface area contributed by atoms with E-state index in [4.69, 9.17) is 0 Å². The molecule has 0 atom stereocenters. The summed E-state index contributed by atoms with van der Waals surface area (Å²) in [5, 5.41) is 5.15. The number of hydrogen-bond donors (Lipinski definition) is 2. The standard InChI is InChI=1S/C11H13BrN2O3/c1-17-11(16)14-7-6-13-10(15)8-4-2-3-5-9(8)12/h2-5H,6-7H2,1H3,(H,13,15)(H,14,16). The molecular formula is C11H13BrN2O3. The molecule has 2 amide bonds. The lowest BCUT2D eigenvalue weighted by molar-refractivity contribution is 0.0952. The van der Waals surface area contributed by atoms with Crippen molar-refractivity contribution in [1.82, 2.24) is 10.6 Å². The topological polar surface area (TPSA) is 67.4 Å². The lowest BCUT2D eigenvalue weighted by atomic mass is 10.2. The molecule has 2 N–H and O–H groups in total. The smallest absolute Gasteiger partial charge is 0.406 e. The van der Waals surface area contributed by atoms with Crippen LogP contribution >= 0.6 is 15.9 Å². The molecule has 0 aliphatic heterocycles. The second kappa shape index (κ2) is 6.90. The van der Waals surface area contributed by atoms with Crippen molar-refractivity contribution in [2.75, 3.05) is 20.2 Å². The Morgan fingerprint density at radius 3 is 2.53 bits per heavy atom. The van der Waals surface area contributed by atoms with Crippen molar-refractivity contribution in [3.05, 3.63) is 34.3 Å². The van der Waals surface area contributed by atoms with Gasteiger partial charge in [-0.25, -0.2) is 4.79 Å². The highest BCUT2D eigenvalue weighted by Crippen LogP contribution is 2.15. The Kier molecular flexibility index (Phi) is 5.48. The van der Waals surface area contributed by atoms with Crippen LogP contribution in [-0.2, 0) is 4.74 Å². The maximum atomic E-state index is 11.7. The highest BCUT2D eigenvalue weighted by molar-refractivity contribution is 9.10. The Morgan fingerprint density at radius 2 is 1.88 bits per heavy atom. The molecule has 0 bridgehead atoms. The van der Waals surface area contributed by atoms with Crippen molar-refractivity contribution in [2.45, 2.75) is 0 Å². The summed E-state index contributed by atoms with van der Waals surface area (Å²) >= 11 is 3.29. The quantitative estimate of drug-likeness (QED) is 0.829. The van der Waals surface area contributed by atoms with Crippen LogP contribution in [0.25, 0.3) is 0 Å². The van der Waals surface area contributed by atoms with Gasteiger partial charge in [-0.1, -0.05) is 12.1 Å². The van der Waals surface area contributed by atoms with E-state index >= 15 is 0 Å². The Hall–Kier alpha value is -1.56. The first-order valence-electron chi connectivity index (χ1n) is 4.99. The van der Waals surface area contributed by atoms with Crippen LogP contribution in [0.4, 0.5) is 4.79 Å². The Balaban J connectivity index is 2.36. The van der Waals surface area contributed by atoms with Gasteiger partial charge in [0.2, 0.25) is 0 Å². The molecule has 0 aliphatic carbocycles. The fourth-order valence-electron chi connectivity index (χ4n) is 1.15. The predicted octanol–water partition coefficient (Wildman–Crippen LogP) is 1.53. The van der Waals surface area contributed by atoms with E-state index < -0.39 is 6.09 Å². The van der Waals surface area contributed by atoms with Crippen LogP contribution < -0.4 is 10.6 Å². The number of alkyl carbamates (subject to hydrolysis) is 1. The highest BCUT2D eigenvalue weighted by Gasteiger charge is 2.08. The Bertz CT molecular complexity index is 409. The SMILES string of the molecule is COC(=O)NCCNC(=O)c1ccccc1Br. The van der Waals surface area contributed by atoms with Gasteiger partial charge in [-0.15, -0.1) is 0 Å². The lowest BCUT2D eigenvalue weighted by Crippen LogP contribution is -2.34. The first kappa shape index (κ1) is 13.5. The third-order valence-electron chi connectivity index (χ3n) is 1.98. The number of halogens is 1. The van der Waals surface area contributed by atoms with Gasteiger partial charge in [0.25, 0.3) is 5.91 Å². The molecule has 0 spiro atoms. The highest BCUT2D eigenvalue weighted by atomic mass is 79.9. The van der Waals surface area contributed by atoms with Gasteiger partial charge in [0, 0.05) is 17.6 Å². The summed E-state index contributed by atoms with van der Waals surface area (Å²) < 4.78 is 5.13. The van der Waals surface area contributed by atoms with Gasteiger partial charge in [0.1, 0.15) is 0 Å². The largest absolute Gasteiger partial charge is 0.453 e. The molecular weight excluding hydrogens is 288 g/mol. The third-order valence-corrected chi connectivity index (χ3v) is 2.68. The summed E-state index contributed by atoms with van der Waals surface area (Å²) in [6.45, 7) is 0.665. The summed E-state index contributed by atoms with van der Waals surface area (Å²) in [4.78, 5) is 22.4. The molecule has 1 rings (SSSR count). The minimum absolute atomic E-state index is 0.191. The molecule has 6 heteroatoms. The van der Waals surface area contributed by atoms with Crippen LogP contribution in [0.15, 0.2) is 28.7 Å². The first-order valence-corrected chi connectivity index (χ1v) is 5.79. The molecule has 0 unspecified atom stereocenters. The van der Waals surface area contributed by atoms with Crippen LogP contribution in [0, 0.1) is 0 Å². The van der Waals surface area contributed by atoms with Crippen molar-refractivity contribution in [3.63, 3.8) is 0 Å². The number of nitrogens with one attached hydrogen (secondary N) is 2. The molecule has 0 heterocycles. The summed E-state index contributed by atoms with van der Waals surface area (Å²) in [6, 6.07) is 7.13. The summed E-state index contributed by atoms with van der Waals surface area (Å²) in [5.74, 6) is -0.191.